The van der Waals surface area contributed by atoms with Gasteiger partial charge in [-0.1, -0.05) is 12.1 Å². The Labute approximate surface area is 140 Å². The number of nitro groups is 1. The maximum Gasteiger partial charge on any atom is 0.344 e. The van der Waals surface area contributed by atoms with E-state index < -0.39 is 22.6 Å². The number of rotatable bonds is 2. The van der Waals surface area contributed by atoms with Gasteiger partial charge >= 0.3 is 11.7 Å². The fraction of sp³-hybridized carbons (Fsp3) is 0.0588. The molecule has 0 spiro atoms. The van der Waals surface area contributed by atoms with Crippen LogP contribution in [0.25, 0.3) is 11.0 Å². The Morgan fingerprint density at radius 2 is 1.76 bits per heavy atom. The van der Waals surface area contributed by atoms with Crippen LogP contribution in [0.1, 0.15) is 17.2 Å². The van der Waals surface area contributed by atoms with Gasteiger partial charge in [0.05, 0.1) is 22.2 Å². The number of nitrogens with one attached hydrogen (secondary N) is 2. The summed E-state index contributed by atoms with van der Waals surface area (Å²) in [5.74, 6) is 0. The molecular formula is C17H11N3O5. The Kier molecular flexibility index (Phi) is 3.24. The minimum Gasteiger partial charge on any atom is -0.422 e. The van der Waals surface area contributed by atoms with Crippen molar-refractivity contribution in [2.24, 2.45) is 0 Å². The average Bonchev–Trinajstić information content (AvgIpc) is 2.61. The van der Waals surface area contributed by atoms with Crippen molar-refractivity contribution in [3.05, 3.63) is 80.2 Å². The minimum atomic E-state index is -0.759. The molecule has 1 aliphatic rings. The van der Waals surface area contributed by atoms with E-state index in [9.17, 15) is 19.7 Å². The third-order valence-corrected chi connectivity index (χ3v) is 4.09. The lowest BCUT2D eigenvalue weighted by Gasteiger charge is -2.27. The molecule has 0 saturated carbocycles. The van der Waals surface area contributed by atoms with Crippen LogP contribution in [0.5, 0.6) is 0 Å². The van der Waals surface area contributed by atoms with Crippen LogP contribution in [0.3, 0.4) is 0 Å². The maximum atomic E-state index is 12.5. The molecule has 0 aliphatic carbocycles. The summed E-state index contributed by atoms with van der Waals surface area (Å²) in [5, 5.41) is 16.7. The smallest absolute Gasteiger partial charge is 0.344 e. The monoisotopic (exact) mass is 337 g/mol. The van der Waals surface area contributed by atoms with Crippen molar-refractivity contribution in [3.63, 3.8) is 0 Å². The van der Waals surface area contributed by atoms with Gasteiger partial charge in [-0.3, -0.25) is 10.1 Å². The van der Waals surface area contributed by atoms with E-state index in [0.29, 0.717) is 22.2 Å². The van der Waals surface area contributed by atoms with E-state index in [2.05, 4.69) is 10.6 Å². The Morgan fingerprint density at radius 1 is 1.04 bits per heavy atom. The number of non-ortho nitro benzene ring substituents is 1. The fourth-order valence-corrected chi connectivity index (χ4v) is 2.95. The van der Waals surface area contributed by atoms with Gasteiger partial charge in [-0.05, 0) is 29.8 Å². The first-order valence-electron chi connectivity index (χ1n) is 7.42. The van der Waals surface area contributed by atoms with Crippen molar-refractivity contribution >= 4 is 28.4 Å². The highest BCUT2D eigenvalue weighted by Gasteiger charge is 2.31. The van der Waals surface area contributed by atoms with Crippen LogP contribution in [0.4, 0.5) is 16.2 Å². The fourth-order valence-electron chi connectivity index (χ4n) is 2.95. The normalized spacial score (nSPS) is 16.0. The predicted molar refractivity (Wildman–Crippen MR) is 89.6 cm³/mol. The van der Waals surface area contributed by atoms with Gasteiger partial charge in [0.1, 0.15) is 5.58 Å². The zero-order valence-electron chi connectivity index (χ0n) is 12.7. The van der Waals surface area contributed by atoms with Crippen LogP contribution in [0.15, 0.2) is 57.7 Å². The van der Waals surface area contributed by atoms with Crippen molar-refractivity contribution < 1.29 is 14.1 Å². The van der Waals surface area contributed by atoms with Crippen LogP contribution in [0, 0.1) is 10.1 Å². The van der Waals surface area contributed by atoms with E-state index in [0.717, 1.165) is 0 Å². The molecule has 2 aromatic carbocycles. The quantitative estimate of drug-likeness (QED) is 0.424. The van der Waals surface area contributed by atoms with Crippen molar-refractivity contribution in [1.29, 1.82) is 0 Å². The van der Waals surface area contributed by atoms with Gasteiger partial charge in [0.25, 0.3) is 5.69 Å². The molecule has 0 saturated heterocycles. The van der Waals surface area contributed by atoms with Crippen LogP contribution < -0.4 is 16.3 Å². The lowest BCUT2D eigenvalue weighted by Crippen LogP contribution is -2.41. The molecule has 2 heterocycles. The number of nitro benzene ring substituents is 1. The minimum absolute atomic E-state index is 0.0743. The molecule has 1 unspecified atom stereocenters. The summed E-state index contributed by atoms with van der Waals surface area (Å²) in [6.45, 7) is 0. The summed E-state index contributed by atoms with van der Waals surface area (Å²) in [6.07, 6.45) is 0. The van der Waals surface area contributed by atoms with E-state index in [1.165, 1.54) is 24.3 Å². The Morgan fingerprint density at radius 3 is 2.48 bits per heavy atom. The molecule has 1 aliphatic heterocycles. The van der Waals surface area contributed by atoms with Gasteiger partial charge in [0.15, 0.2) is 0 Å². The lowest BCUT2D eigenvalue weighted by atomic mass is 9.95. The molecule has 3 aromatic rings. The highest BCUT2D eigenvalue weighted by Crippen LogP contribution is 2.34. The first-order valence-corrected chi connectivity index (χ1v) is 7.42. The van der Waals surface area contributed by atoms with Crippen LogP contribution in [-0.4, -0.2) is 11.0 Å². The zero-order valence-corrected chi connectivity index (χ0v) is 12.7. The lowest BCUT2D eigenvalue weighted by molar-refractivity contribution is -0.384. The molecule has 1 aromatic heterocycles. The van der Waals surface area contributed by atoms with Crippen molar-refractivity contribution in [2.45, 2.75) is 6.04 Å². The Balaban J connectivity index is 1.92. The number of para-hydroxylation sites is 1. The van der Waals surface area contributed by atoms with Crippen LogP contribution in [-0.2, 0) is 0 Å². The zero-order chi connectivity index (χ0) is 17.6. The van der Waals surface area contributed by atoms with E-state index in [-0.39, 0.29) is 11.3 Å². The molecule has 8 nitrogen and oxygen atoms in total. The molecule has 0 fully saturated rings. The molecule has 8 heteroatoms. The number of nitrogens with zero attached hydrogens (tertiary/aromatic N) is 1. The molecule has 4 rings (SSSR count). The third kappa shape index (κ3) is 2.40. The van der Waals surface area contributed by atoms with Gasteiger partial charge in [-0.15, -0.1) is 0 Å². The number of benzene rings is 2. The number of urea groups is 1. The third-order valence-electron chi connectivity index (χ3n) is 4.09. The van der Waals surface area contributed by atoms with Crippen molar-refractivity contribution in [2.75, 3.05) is 5.32 Å². The molecule has 124 valence electrons. The predicted octanol–water partition coefficient (Wildman–Crippen LogP) is 2.93. The second-order valence-electron chi connectivity index (χ2n) is 5.55. The SMILES string of the molecule is O=C1Nc2c(c(=O)oc3ccccc23)C(c2ccc([N+](=O)[O-])cc2)N1. The van der Waals surface area contributed by atoms with E-state index in [4.69, 9.17) is 4.42 Å². The molecule has 0 bridgehead atoms. The molecule has 1 atom stereocenters. The van der Waals surface area contributed by atoms with Gasteiger partial charge in [0.2, 0.25) is 0 Å². The largest absolute Gasteiger partial charge is 0.422 e. The summed E-state index contributed by atoms with van der Waals surface area (Å²) >= 11 is 0. The molecule has 0 radical (unpaired) electrons. The summed E-state index contributed by atoms with van der Waals surface area (Å²) in [6, 6.07) is 11.3. The number of fused-ring (bicyclic) bond motifs is 3. The topological polar surface area (TPSA) is 114 Å². The summed E-state index contributed by atoms with van der Waals surface area (Å²) in [4.78, 5) is 34.8. The number of amides is 2. The highest BCUT2D eigenvalue weighted by atomic mass is 16.6. The summed E-state index contributed by atoms with van der Waals surface area (Å²) < 4.78 is 5.35. The van der Waals surface area contributed by atoms with E-state index in [1.807, 2.05) is 0 Å². The van der Waals surface area contributed by atoms with Gasteiger partial charge in [-0.2, -0.15) is 0 Å². The molecule has 25 heavy (non-hydrogen) atoms. The number of carbonyl (C=O) groups excluding carboxylic acids is 1. The number of hydrogen-bond acceptors (Lipinski definition) is 5. The van der Waals surface area contributed by atoms with Crippen molar-refractivity contribution in [1.82, 2.24) is 5.32 Å². The maximum absolute atomic E-state index is 12.5. The van der Waals surface area contributed by atoms with Gasteiger partial charge < -0.3 is 15.1 Å². The Hall–Kier alpha value is -3.68. The van der Waals surface area contributed by atoms with Crippen LogP contribution >= 0.6 is 0 Å². The highest BCUT2D eigenvalue weighted by molar-refractivity contribution is 6.03. The average molecular weight is 337 g/mol. The summed E-state index contributed by atoms with van der Waals surface area (Å²) in [7, 11) is 0. The second-order valence-corrected chi connectivity index (χ2v) is 5.55. The molecular weight excluding hydrogens is 326 g/mol. The molecule has 2 N–H and O–H groups in total. The van der Waals surface area contributed by atoms with Gasteiger partial charge in [-0.25, -0.2) is 9.59 Å². The van der Waals surface area contributed by atoms with Crippen LogP contribution in [0.2, 0.25) is 0 Å². The first kappa shape index (κ1) is 14.9. The molecule has 2 amide bonds. The summed E-state index contributed by atoms with van der Waals surface area (Å²) in [5.41, 5.74) is 0.908. The number of hydrogen-bond donors (Lipinski definition) is 2. The standard InChI is InChI=1S/C17H11N3O5/c21-16-13-14(9-5-7-10(8-6-9)20(23)24)18-17(22)19-15(13)11-3-1-2-4-12(11)25-16/h1-8,14H,(H2,18,19,22). The first-order chi connectivity index (χ1) is 12.0. The second kappa shape index (κ2) is 5.45. The van der Waals surface area contributed by atoms with Gasteiger partial charge in [0, 0.05) is 17.5 Å². The Bertz CT molecular complexity index is 1070. The number of carbonyl (C=O) groups is 1. The van der Waals surface area contributed by atoms with Crippen molar-refractivity contribution in [3.8, 4) is 0 Å². The van der Waals surface area contributed by atoms with E-state index in [1.54, 1.807) is 24.3 Å². The van der Waals surface area contributed by atoms with E-state index >= 15 is 0 Å². The number of anilines is 1.